The number of H-pyrrole nitrogens is 1. The van der Waals surface area contributed by atoms with Gasteiger partial charge in [0.1, 0.15) is 16.9 Å². The topological polar surface area (TPSA) is 140 Å². The highest BCUT2D eigenvalue weighted by Crippen LogP contribution is 2.47. The van der Waals surface area contributed by atoms with Gasteiger partial charge in [0.15, 0.2) is 11.6 Å². The Bertz CT molecular complexity index is 2020. The first kappa shape index (κ1) is 27.2. The summed E-state index contributed by atoms with van der Waals surface area (Å²) in [5.74, 6) is -3.03. The number of aromatic amines is 1. The number of carboxylic acids is 1. The zero-order valence-corrected chi connectivity index (χ0v) is 23.5. The third-order valence-electron chi connectivity index (χ3n) is 8.91. The Morgan fingerprint density at radius 2 is 2.00 bits per heavy atom. The van der Waals surface area contributed by atoms with Crippen molar-refractivity contribution in [3.8, 4) is 11.1 Å². The molecule has 13 heteroatoms. The first-order valence-corrected chi connectivity index (χ1v) is 14.0. The fourth-order valence-corrected chi connectivity index (χ4v) is 6.96. The number of likely N-dealkylation sites (tertiary alicyclic amines) is 1. The van der Waals surface area contributed by atoms with E-state index in [0.717, 1.165) is 19.0 Å². The van der Waals surface area contributed by atoms with Crippen molar-refractivity contribution >= 4 is 50.3 Å². The molecule has 2 aliphatic heterocycles. The first-order chi connectivity index (χ1) is 20.7. The molecule has 6 heterocycles. The molecule has 0 amide bonds. The molecule has 2 aliphatic rings. The van der Waals surface area contributed by atoms with Crippen molar-refractivity contribution in [1.29, 1.82) is 0 Å². The fraction of sp³-hybridized carbons (Fsp3) is 0.333. The van der Waals surface area contributed by atoms with E-state index in [1.165, 1.54) is 10.8 Å². The number of hydrogen-bond donors (Lipinski definition) is 4. The van der Waals surface area contributed by atoms with E-state index in [9.17, 15) is 24.2 Å². The standard InChI is InChI=1S/C30H29F2N7O4/c1-33-20-8-19(31)24(32)22-23-26(39-4-3-14-11-38(5-6-40)13-21(14)39)17(10-34-28(23)36-25(20)22)15-7-16-27(41)18(30(42)43)12-37(2)29(16)35-9-15/h7-10,12,14,21,33,40H,3-6,11,13H2,1-2H3,(H,34,36)(H,42,43)/t14-,21+/m1/s1. The Labute approximate surface area is 243 Å². The number of aliphatic hydroxyl groups is 1. The van der Waals surface area contributed by atoms with Gasteiger partial charge in [-0.15, -0.1) is 0 Å². The van der Waals surface area contributed by atoms with Crippen molar-refractivity contribution in [2.45, 2.75) is 12.5 Å². The minimum atomic E-state index is -1.34. The fourth-order valence-electron chi connectivity index (χ4n) is 6.96. The molecule has 4 N–H and O–H groups in total. The molecule has 0 aliphatic carbocycles. The number of halogens is 2. The van der Waals surface area contributed by atoms with E-state index in [1.54, 1.807) is 32.6 Å². The summed E-state index contributed by atoms with van der Waals surface area (Å²) in [6, 6.07) is 2.74. The Balaban J connectivity index is 1.54. The summed E-state index contributed by atoms with van der Waals surface area (Å²) in [7, 11) is 3.24. The molecule has 0 radical (unpaired) electrons. The van der Waals surface area contributed by atoms with Crippen LogP contribution in [0.4, 0.5) is 20.2 Å². The van der Waals surface area contributed by atoms with E-state index in [4.69, 9.17) is 0 Å². The molecule has 43 heavy (non-hydrogen) atoms. The van der Waals surface area contributed by atoms with Gasteiger partial charge in [-0.05, 0) is 18.4 Å². The van der Waals surface area contributed by atoms with Crippen LogP contribution in [-0.4, -0.2) is 86.5 Å². The van der Waals surface area contributed by atoms with Crippen LogP contribution >= 0.6 is 0 Å². The number of aromatic nitrogens is 4. The second-order valence-electron chi connectivity index (χ2n) is 11.3. The lowest BCUT2D eigenvalue weighted by Gasteiger charge is -2.30. The summed E-state index contributed by atoms with van der Waals surface area (Å²) in [4.78, 5) is 41.7. The van der Waals surface area contributed by atoms with Gasteiger partial charge in [0, 0.05) is 82.1 Å². The maximum atomic E-state index is 15.7. The molecule has 4 aromatic heterocycles. The summed E-state index contributed by atoms with van der Waals surface area (Å²) in [6.45, 7) is 2.75. The lowest BCUT2D eigenvalue weighted by Crippen LogP contribution is -2.36. The van der Waals surface area contributed by atoms with Gasteiger partial charge in [-0.25, -0.2) is 23.5 Å². The van der Waals surface area contributed by atoms with Crippen LogP contribution in [0.1, 0.15) is 16.8 Å². The Hall–Kier alpha value is -4.62. The van der Waals surface area contributed by atoms with E-state index >= 15 is 4.39 Å². The minimum Gasteiger partial charge on any atom is -0.477 e. The summed E-state index contributed by atoms with van der Waals surface area (Å²) in [5, 5.41) is 22.7. The highest BCUT2D eigenvalue weighted by atomic mass is 19.2. The van der Waals surface area contributed by atoms with Gasteiger partial charge in [0.05, 0.1) is 39.7 Å². The minimum absolute atomic E-state index is 0.0416. The average molecular weight is 590 g/mol. The Morgan fingerprint density at radius 3 is 2.74 bits per heavy atom. The number of hydrogen-bond acceptors (Lipinski definition) is 8. The van der Waals surface area contributed by atoms with Crippen molar-refractivity contribution in [1.82, 2.24) is 24.4 Å². The molecular weight excluding hydrogens is 560 g/mol. The molecule has 0 spiro atoms. The van der Waals surface area contributed by atoms with E-state index in [1.807, 2.05) is 0 Å². The summed E-state index contributed by atoms with van der Waals surface area (Å²) < 4.78 is 32.2. The predicted octanol–water partition coefficient (Wildman–Crippen LogP) is 3.15. The average Bonchev–Trinajstić information content (AvgIpc) is 3.69. The molecule has 2 fully saturated rings. The first-order valence-electron chi connectivity index (χ1n) is 14.0. The maximum Gasteiger partial charge on any atom is 0.341 e. The number of carbonyl (C=O) groups is 1. The molecule has 11 nitrogen and oxygen atoms in total. The highest BCUT2D eigenvalue weighted by Gasteiger charge is 2.43. The van der Waals surface area contributed by atoms with Gasteiger partial charge in [-0.2, -0.15) is 0 Å². The molecule has 7 rings (SSSR count). The molecule has 222 valence electrons. The summed E-state index contributed by atoms with van der Waals surface area (Å²) in [5.41, 5.74) is 2.08. The van der Waals surface area contributed by atoms with E-state index in [-0.39, 0.29) is 29.0 Å². The monoisotopic (exact) mass is 589 g/mol. The molecule has 1 aromatic carbocycles. The van der Waals surface area contributed by atoms with Gasteiger partial charge < -0.3 is 30.0 Å². The van der Waals surface area contributed by atoms with Crippen LogP contribution in [0.15, 0.2) is 35.5 Å². The number of nitrogens with zero attached hydrogens (tertiary/aromatic N) is 5. The second kappa shape index (κ2) is 9.99. The van der Waals surface area contributed by atoms with E-state index in [0.29, 0.717) is 70.3 Å². The number of aliphatic hydroxyl groups excluding tert-OH is 1. The number of rotatable bonds is 6. The zero-order valence-electron chi connectivity index (χ0n) is 23.5. The molecular formula is C30H29F2N7O4. The number of anilines is 2. The molecule has 0 unspecified atom stereocenters. The van der Waals surface area contributed by atoms with Gasteiger partial charge in [0.2, 0.25) is 5.43 Å². The highest BCUT2D eigenvalue weighted by molar-refractivity contribution is 6.18. The van der Waals surface area contributed by atoms with Crippen LogP contribution in [0.25, 0.3) is 44.1 Å². The van der Waals surface area contributed by atoms with Crippen LogP contribution in [0.2, 0.25) is 0 Å². The third kappa shape index (κ3) is 4.06. The predicted molar refractivity (Wildman–Crippen MR) is 159 cm³/mol. The van der Waals surface area contributed by atoms with Crippen LogP contribution in [0.3, 0.4) is 0 Å². The molecule has 2 atom stereocenters. The van der Waals surface area contributed by atoms with Crippen LogP contribution in [0.5, 0.6) is 0 Å². The van der Waals surface area contributed by atoms with Gasteiger partial charge in [-0.1, -0.05) is 0 Å². The molecule has 5 aromatic rings. The smallest absolute Gasteiger partial charge is 0.341 e. The van der Waals surface area contributed by atoms with E-state index in [2.05, 4.69) is 30.1 Å². The van der Waals surface area contributed by atoms with Crippen molar-refractivity contribution < 1.29 is 23.8 Å². The number of aryl methyl sites for hydroxylation is 1. The van der Waals surface area contributed by atoms with Crippen molar-refractivity contribution in [2.75, 3.05) is 50.1 Å². The van der Waals surface area contributed by atoms with E-state index < -0.39 is 23.0 Å². The molecule has 0 saturated carbocycles. The molecule has 2 saturated heterocycles. The summed E-state index contributed by atoms with van der Waals surface area (Å²) >= 11 is 0. The SMILES string of the molecule is CNc1cc(F)c(F)c2c1[nH]c1ncc(-c3cnc4c(c3)c(=O)c(C(=O)O)cn4C)c(N3CC[C@@H]4CN(CCO)C[C@@H]43)c12. The van der Waals surface area contributed by atoms with Crippen LogP contribution < -0.4 is 15.6 Å². The Kier molecular flexibility index (Phi) is 6.32. The number of β-amino-alcohol motifs (C(OH)–C–C–N with tert-alkyl or cyclic N) is 1. The third-order valence-corrected chi connectivity index (χ3v) is 8.91. The largest absolute Gasteiger partial charge is 0.477 e. The number of pyridine rings is 3. The summed E-state index contributed by atoms with van der Waals surface area (Å²) in [6.07, 6.45) is 5.32. The van der Waals surface area contributed by atoms with Crippen molar-refractivity contribution in [3.05, 3.63) is 58.1 Å². The van der Waals surface area contributed by atoms with Gasteiger partial charge >= 0.3 is 5.97 Å². The normalized spacial score (nSPS) is 18.8. The molecule has 0 bridgehead atoms. The maximum absolute atomic E-state index is 15.7. The number of fused-ring (bicyclic) bond motifs is 5. The van der Waals surface area contributed by atoms with Gasteiger partial charge in [0.25, 0.3) is 0 Å². The number of nitrogens with one attached hydrogen (secondary N) is 2. The second-order valence-corrected chi connectivity index (χ2v) is 11.3. The number of benzene rings is 1. The lowest BCUT2D eigenvalue weighted by molar-refractivity contribution is 0.0695. The van der Waals surface area contributed by atoms with Crippen molar-refractivity contribution in [3.63, 3.8) is 0 Å². The van der Waals surface area contributed by atoms with Gasteiger partial charge in [-0.3, -0.25) is 9.69 Å². The lowest BCUT2D eigenvalue weighted by atomic mass is 9.99. The number of aromatic carboxylic acids is 1. The van der Waals surface area contributed by atoms with Crippen molar-refractivity contribution in [2.24, 2.45) is 13.0 Å². The van der Waals surface area contributed by atoms with Crippen LogP contribution in [0, 0.1) is 17.6 Å². The Morgan fingerprint density at radius 1 is 1.19 bits per heavy atom. The number of carboxylic acid groups (broad SMARTS) is 1. The van der Waals surface area contributed by atoms with Crippen LogP contribution in [-0.2, 0) is 7.05 Å². The quantitative estimate of drug-likeness (QED) is 0.235. The zero-order chi connectivity index (χ0) is 30.2.